The number of aromatic nitrogens is 1. The van der Waals surface area contributed by atoms with E-state index in [9.17, 15) is 0 Å². The Morgan fingerprint density at radius 3 is 2.05 bits per heavy atom. The number of para-hydroxylation sites is 2. The fourth-order valence-electron chi connectivity index (χ4n) is 7.51. The average molecular weight is 500 g/mol. The van der Waals surface area contributed by atoms with Gasteiger partial charge >= 0.3 is 0 Å². The van der Waals surface area contributed by atoms with Gasteiger partial charge < -0.3 is 9.30 Å². The van der Waals surface area contributed by atoms with Crippen LogP contribution in [0.4, 0.5) is 0 Å². The number of hydrogen-bond acceptors (Lipinski definition) is 1. The maximum absolute atomic E-state index is 6.96. The van der Waals surface area contributed by atoms with Crippen LogP contribution in [0.3, 0.4) is 0 Å². The van der Waals surface area contributed by atoms with E-state index in [-0.39, 0.29) is 0 Å². The highest BCUT2D eigenvalue weighted by molar-refractivity contribution is 6.02. The molecule has 1 spiro atoms. The van der Waals surface area contributed by atoms with E-state index in [1.54, 1.807) is 0 Å². The van der Waals surface area contributed by atoms with Crippen LogP contribution >= 0.6 is 0 Å². The molecule has 2 aliphatic carbocycles. The van der Waals surface area contributed by atoms with Crippen LogP contribution in [0.15, 0.2) is 110 Å². The molecule has 4 aromatic carbocycles. The van der Waals surface area contributed by atoms with Crippen molar-refractivity contribution in [2.24, 2.45) is 0 Å². The first kappa shape index (κ1) is 21.2. The Bertz CT molecular complexity index is 2020. The third-order valence-electron chi connectivity index (χ3n) is 8.98. The topological polar surface area (TPSA) is 14.2 Å². The fraction of sp³-hybridized carbons (Fsp3) is 0.0811. The number of nitrogens with zero attached hydrogens (tertiary/aromatic N) is 1. The van der Waals surface area contributed by atoms with Gasteiger partial charge in [-0.3, -0.25) is 0 Å². The van der Waals surface area contributed by atoms with Gasteiger partial charge in [-0.2, -0.15) is 0 Å². The normalized spacial score (nSPS) is 17.8. The lowest BCUT2D eigenvalue weighted by atomic mass is 9.63. The second-order valence-corrected chi connectivity index (χ2v) is 10.8. The van der Waals surface area contributed by atoms with E-state index in [0.29, 0.717) is 0 Å². The lowest BCUT2D eigenvalue weighted by Crippen LogP contribution is -2.38. The van der Waals surface area contributed by atoms with Crippen LogP contribution in [0.5, 0.6) is 11.5 Å². The van der Waals surface area contributed by atoms with Crippen LogP contribution in [-0.2, 0) is 5.41 Å². The minimum absolute atomic E-state index is 0.492. The molecule has 1 aromatic heterocycles. The summed E-state index contributed by atoms with van der Waals surface area (Å²) in [6, 6.07) is 35.1. The van der Waals surface area contributed by atoms with Gasteiger partial charge in [-0.15, -0.1) is 0 Å². The first-order chi connectivity index (χ1) is 19.3. The summed E-state index contributed by atoms with van der Waals surface area (Å²) in [5, 5.41) is 2.42. The molecule has 0 atom stereocenters. The molecule has 0 amide bonds. The Labute approximate surface area is 227 Å². The van der Waals surface area contributed by atoms with Gasteiger partial charge in [0.15, 0.2) is 5.75 Å². The van der Waals surface area contributed by atoms with Crippen LogP contribution in [0.25, 0.3) is 40.1 Å². The second kappa shape index (κ2) is 7.39. The maximum atomic E-state index is 6.96. The molecule has 3 heterocycles. The summed E-state index contributed by atoms with van der Waals surface area (Å²) in [7, 11) is 0. The summed E-state index contributed by atoms with van der Waals surface area (Å²) < 4.78 is 9.41. The lowest BCUT2D eigenvalue weighted by molar-refractivity contribution is 0.473. The molecule has 5 aromatic rings. The van der Waals surface area contributed by atoms with E-state index < -0.39 is 5.41 Å². The molecule has 0 bridgehead atoms. The molecular weight excluding hydrogens is 474 g/mol. The molecule has 0 radical (unpaired) electrons. The van der Waals surface area contributed by atoms with Gasteiger partial charge in [0.05, 0.1) is 22.1 Å². The SMILES string of the molecule is C=C1/C=C2\c3c(c4c(n3-c3ccccc3C23c2ccccc2-c2ccccc23)=CCCC=4)Oc2ccccc21. The number of ether oxygens (including phenoxy) is 1. The number of allylic oxidation sites excluding steroid dienone is 3. The molecule has 9 rings (SSSR count). The minimum atomic E-state index is -0.492. The third kappa shape index (κ3) is 2.47. The molecule has 2 aliphatic heterocycles. The molecule has 2 nitrogen and oxygen atoms in total. The number of fused-ring (bicyclic) bond motifs is 13. The number of rotatable bonds is 0. The van der Waals surface area contributed by atoms with Gasteiger partial charge in [0.2, 0.25) is 0 Å². The summed E-state index contributed by atoms with van der Waals surface area (Å²) in [4.78, 5) is 0. The lowest BCUT2D eigenvalue weighted by Gasteiger charge is -2.42. The van der Waals surface area contributed by atoms with Gasteiger partial charge in [0.25, 0.3) is 0 Å². The Morgan fingerprint density at radius 2 is 1.28 bits per heavy atom. The highest BCUT2D eigenvalue weighted by Crippen LogP contribution is 2.63. The number of hydrogen-bond donors (Lipinski definition) is 0. The molecule has 184 valence electrons. The van der Waals surface area contributed by atoms with Gasteiger partial charge in [-0.05, 0) is 64.4 Å². The zero-order chi connectivity index (χ0) is 25.7. The largest absolute Gasteiger partial charge is 0.454 e. The van der Waals surface area contributed by atoms with Crippen molar-refractivity contribution in [1.82, 2.24) is 4.57 Å². The van der Waals surface area contributed by atoms with Crippen LogP contribution in [-0.4, -0.2) is 4.57 Å². The molecule has 39 heavy (non-hydrogen) atoms. The van der Waals surface area contributed by atoms with E-state index in [2.05, 4.69) is 120 Å². The fourth-order valence-corrected chi connectivity index (χ4v) is 7.51. The molecule has 4 aliphatic rings. The summed E-state index contributed by atoms with van der Waals surface area (Å²) in [6.45, 7) is 4.61. The highest BCUT2D eigenvalue weighted by Gasteiger charge is 2.53. The predicted molar refractivity (Wildman–Crippen MR) is 158 cm³/mol. The van der Waals surface area contributed by atoms with E-state index >= 15 is 0 Å². The van der Waals surface area contributed by atoms with E-state index in [4.69, 9.17) is 4.74 Å². The average Bonchev–Trinajstić information content (AvgIpc) is 3.46. The second-order valence-electron chi connectivity index (χ2n) is 10.8. The standard InChI is InChI=1S/C37H25NO/c1-23-22-31-35-36(39-34-21-11-5-12-24(23)34)27-15-4-9-19-32(27)38(35)33-20-10-8-18-30(33)37(31)28-16-6-2-13-25(28)26-14-3-7-17-29(26)37/h2-3,5-8,10-22H,1,4,9H2/b31-22+. The van der Waals surface area contributed by atoms with Gasteiger partial charge in [0, 0.05) is 16.4 Å². The first-order valence-electron chi connectivity index (χ1n) is 13.7. The minimum Gasteiger partial charge on any atom is -0.454 e. The summed E-state index contributed by atoms with van der Waals surface area (Å²) >= 11 is 0. The number of benzene rings is 4. The molecule has 0 saturated carbocycles. The quantitative estimate of drug-likeness (QED) is 0.217. The molecule has 0 unspecified atom stereocenters. The summed E-state index contributed by atoms with van der Waals surface area (Å²) in [5.74, 6) is 1.80. The van der Waals surface area contributed by atoms with Crippen LogP contribution < -0.4 is 15.3 Å². The van der Waals surface area contributed by atoms with Crippen molar-refractivity contribution in [3.05, 3.63) is 148 Å². The summed E-state index contributed by atoms with van der Waals surface area (Å²) in [5.41, 5.74) is 11.6. The molecule has 0 N–H and O–H groups in total. The van der Waals surface area contributed by atoms with Crippen LogP contribution in [0.2, 0.25) is 0 Å². The first-order valence-corrected chi connectivity index (χ1v) is 13.7. The summed E-state index contributed by atoms with van der Waals surface area (Å²) in [6.07, 6.45) is 9.12. The Morgan fingerprint density at radius 1 is 0.667 bits per heavy atom. The van der Waals surface area contributed by atoms with Crippen molar-refractivity contribution in [3.63, 3.8) is 0 Å². The molecule has 0 fully saturated rings. The van der Waals surface area contributed by atoms with Crippen LogP contribution in [0, 0.1) is 0 Å². The van der Waals surface area contributed by atoms with Crippen molar-refractivity contribution in [3.8, 4) is 28.3 Å². The zero-order valence-electron chi connectivity index (χ0n) is 21.4. The maximum Gasteiger partial charge on any atom is 0.160 e. The van der Waals surface area contributed by atoms with Crippen molar-refractivity contribution in [1.29, 1.82) is 0 Å². The Balaban J connectivity index is 1.55. The van der Waals surface area contributed by atoms with E-state index in [1.165, 1.54) is 49.6 Å². The Kier molecular flexibility index (Phi) is 4.01. The smallest absolute Gasteiger partial charge is 0.160 e. The van der Waals surface area contributed by atoms with Crippen molar-refractivity contribution in [2.45, 2.75) is 18.3 Å². The molecular formula is C37H25NO. The van der Waals surface area contributed by atoms with E-state index in [1.807, 2.05) is 6.07 Å². The molecule has 0 saturated heterocycles. The monoisotopic (exact) mass is 499 g/mol. The van der Waals surface area contributed by atoms with E-state index in [0.717, 1.165) is 41.2 Å². The third-order valence-corrected chi connectivity index (χ3v) is 8.98. The van der Waals surface area contributed by atoms with Gasteiger partial charge in [-0.25, -0.2) is 0 Å². The van der Waals surface area contributed by atoms with Crippen LogP contribution in [0.1, 0.15) is 40.8 Å². The predicted octanol–water partition coefficient (Wildman–Crippen LogP) is 7.36. The van der Waals surface area contributed by atoms with Crippen molar-refractivity contribution >= 4 is 23.3 Å². The molecule has 2 heteroatoms. The van der Waals surface area contributed by atoms with Crippen molar-refractivity contribution in [2.75, 3.05) is 0 Å². The van der Waals surface area contributed by atoms with Crippen molar-refractivity contribution < 1.29 is 4.74 Å². The zero-order valence-corrected chi connectivity index (χ0v) is 21.4. The van der Waals surface area contributed by atoms with Gasteiger partial charge in [0.1, 0.15) is 5.75 Å². The highest BCUT2D eigenvalue weighted by atomic mass is 16.5. The Hall–Kier alpha value is -4.82. The van der Waals surface area contributed by atoms with Gasteiger partial charge in [-0.1, -0.05) is 104 Å².